The Hall–Kier alpha value is -0.0900. The molecular weight excluding hydrogens is 188 g/mol. The van der Waals surface area contributed by atoms with Crippen molar-refractivity contribution >= 4 is 10.1 Å². The Balaban J connectivity index is 2.35. The van der Waals surface area contributed by atoms with Crippen LogP contribution in [0.25, 0.3) is 0 Å². The summed E-state index contributed by atoms with van der Waals surface area (Å²) in [5.74, 6) is 1.05. The molecule has 0 amide bonds. The maximum absolute atomic E-state index is 10.5. The van der Waals surface area contributed by atoms with Crippen LogP contribution in [0.4, 0.5) is 0 Å². The minimum Gasteiger partial charge on any atom is -0.286 e. The highest BCUT2D eigenvalue weighted by molar-refractivity contribution is 7.85. The van der Waals surface area contributed by atoms with Crippen molar-refractivity contribution in [2.24, 2.45) is 11.8 Å². The van der Waals surface area contributed by atoms with E-state index in [1.54, 1.807) is 0 Å². The lowest BCUT2D eigenvalue weighted by molar-refractivity contribution is 0.249. The van der Waals surface area contributed by atoms with Crippen molar-refractivity contribution in [2.75, 3.05) is 5.75 Å². The lowest BCUT2D eigenvalue weighted by atomic mass is 9.79. The number of hydrogen-bond donors (Lipinski definition) is 1. The van der Waals surface area contributed by atoms with E-state index >= 15 is 0 Å². The van der Waals surface area contributed by atoms with Gasteiger partial charge < -0.3 is 0 Å². The second-order valence-corrected chi connectivity index (χ2v) is 5.67. The Morgan fingerprint density at radius 2 is 1.92 bits per heavy atom. The normalized spacial score (nSPS) is 30.3. The standard InChI is InChI=1S/C9H18O3S/c1-8-4-2-3-5-9(8)6-7-13(10,11)12/h8-9H,2-7H2,1H3,(H,10,11,12). The summed E-state index contributed by atoms with van der Waals surface area (Å²) < 4.78 is 29.7. The first kappa shape index (κ1) is 11.0. The van der Waals surface area contributed by atoms with Gasteiger partial charge in [0.05, 0.1) is 5.75 Å². The minimum atomic E-state index is -3.75. The zero-order valence-corrected chi connectivity index (χ0v) is 8.89. The van der Waals surface area contributed by atoms with Crippen LogP contribution in [-0.2, 0) is 10.1 Å². The van der Waals surface area contributed by atoms with Gasteiger partial charge >= 0.3 is 0 Å². The third kappa shape index (κ3) is 4.09. The van der Waals surface area contributed by atoms with Gasteiger partial charge in [0, 0.05) is 0 Å². The highest BCUT2D eigenvalue weighted by Crippen LogP contribution is 2.31. The van der Waals surface area contributed by atoms with Gasteiger partial charge in [-0.3, -0.25) is 4.55 Å². The Morgan fingerprint density at radius 1 is 1.31 bits per heavy atom. The van der Waals surface area contributed by atoms with Crippen LogP contribution in [-0.4, -0.2) is 18.7 Å². The van der Waals surface area contributed by atoms with Crippen molar-refractivity contribution in [1.82, 2.24) is 0 Å². The fourth-order valence-electron chi connectivity index (χ4n) is 2.12. The average Bonchev–Trinajstić information content (AvgIpc) is 2.01. The molecule has 4 heteroatoms. The predicted molar refractivity (Wildman–Crippen MR) is 52.2 cm³/mol. The van der Waals surface area contributed by atoms with Gasteiger partial charge in [-0.2, -0.15) is 8.42 Å². The second-order valence-electron chi connectivity index (χ2n) is 4.10. The highest BCUT2D eigenvalue weighted by Gasteiger charge is 2.22. The van der Waals surface area contributed by atoms with E-state index in [1.807, 2.05) is 0 Å². The first-order valence-electron chi connectivity index (χ1n) is 4.94. The summed E-state index contributed by atoms with van der Waals surface area (Å²) in [7, 11) is -3.75. The third-order valence-corrected chi connectivity index (χ3v) is 3.79. The molecule has 0 radical (unpaired) electrons. The maximum Gasteiger partial charge on any atom is 0.264 e. The van der Waals surface area contributed by atoms with Crippen LogP contribution < -0.4 is 0 Å². The zero-order valence-electron chi connectivity index (χ0n) is 8.07. The summed E-state index contributed by atoms with van der Waals surface area (Å²) in [4.78, 5) is 0. The highest BCUT2D eigenvalue weighted by atomic mass is 32.2. The van der Waals surface area contributed by atoms with E-state index in [4.69, 9.17) is 4.55 Å². The molecule has 0 aromatic carbocycles. The molecule has 1 aliphatic rings. The van der Waals surface area contributed by atoms with Gasteiger partial charge in [-0.25, -0.2) is 0 Å². The third-order valence-electron chi connectivity index (χ3n) is 3.04. The van der Waals surface area contributed by atoms with E-state index in [9.17, 15) is 8.42 Å². The largest absolute Gasteiger partial charge is 0.286 e. The van der Waals surface area contributed by atoms with Gasteiger partial charge in [-0.05, 0) is 18.3 Å². The SMILES string of the molecule is CC1CCCCC1CCS(=O)(=O)O. The van der Waals surface area contributed by atoms with Gasteiger partial charge in [-0.1, -0.05) is 32.6 Å². The molecule has 2 atom stereocenters. The smallest absolute Gasteiger partial charge is 0.264 e. The summed E-state index contributed by atoms with van der Waals surface area (Å²) in [5.41, 5.74) is 0. The monoisotopic (exact) mass is 206 g/mol. The summed E-state index contributed by atoms with van der Waals surface area (Å²) in [6.07, 6.45) is 5.43. The summed E-state index contributed by atoms with van der Waals surface area (Å²) >= 11 is 0. The van der Waals surface area contributed by atoms with Crippen LogP contribution in [0.3, 0.4) is 0 Å². The second kappa shape index (κ2) is 4.42. The predicted octanol–water partition coefficient (Wildman–Crippen LogP) is 2.09. The topological polar surface area (TPSA) is 54.4 Å². The van der Waals surface area contributed by atoms with Gasteiger partial charge in [0.15, 0.2) is 0 Å². The van der Waals surface area contributed by atoms with Crippen molar-refractivity contribution in [3.05, 3.63) is 0 Å². The number of hydrogen-bond acceptors (Lipinski definition) is 2. The molecule has 78 valence electrons. The van der Waals surface area contributed by atoms with E-state index in [1.165, 1.54) is 19.3 Å². The molecule has 3 nitrogen and oxygen atoms in total. The van der Waals surface area contributed by atoms with Gasteiger partial charge in [0.2, 0.25) is 0 Å². The molecule has 2 unspecified atom stereocenters. The molecule has 1 N–H and O–H groups in total. The fraction of sp³-hybridized carbons (Fsp3) is 1.00. The van der Waals surface area contributed by atoms with Gasteiger partial charge in [-0.15, -0.1) is 0 Å². The molecule has 0 aromatic rings. The summed E-state index contributed by atoms with van der Waals surface area (Å²) in [6.45, 7) is 2.17. The Bertz CT molecular complexity index is 246. The first-order valence-corrected chi connectivity index (χ1v) is 6.55. The van der Waals surface area contributed by atoms with Crippen molar-refractivity contribution in [1.29, 1.82) is 0 Å². The maximum atomic E-state index is 10.5. The lowest BCUT2D eigenvalue weighted by Crippen LogP contribution is -2.20. The molecule has 13 heavy (non-hydrogen) atoms. The molecule has 0 aliphatic heterocycles. The Kier molecular flexibility index (Phi) is 3.74. The van der Waals surface area contributed by atoms with Crippen molar-refractivity contribution in [3.8, 4) is 0 Å². The fourth-order valence-corrected chi connectivity index (χ4v) is 2.72. The lowest BCUT2D eigenvalue weighted by Gasteiger charge is -2.28. The van der Waals surface area contributed by atoms with E-state index < -0.39 is 10.1 Å². The van der Waals surface area contributed by atoms with E-state index in [0.29, 0.717) is 18.3 Å². The van der Waals surface area contributed by atoms with Crippen LogP contribution in [0, 0.1) is 11.8 Å². The molecule has 0 aromatic heterocycles. The summed E-state index contributed by atoms with van der Waals surface area (Å²) in [6, 6.07) is 0. The minimum absolute atomic E-state index is 0.0675. The van der Waals surface area contributed by atoms with Crippen LogP contribution >= 0.6 is 0 Å². The molecule has 0 spiro atoms. The van der Waals surface area contributed by atoms with Crippen LogP contribution in [0.2, 0.25) is 0 Å². The molecule has 1 aliphatic carbocycles. The van der Waals surface area contributed by atoms with Crippen molar-refractivity contribution in [3.63, 3.8) is 0 Å². The Labute approximate surface area is 80.3 Å². The van der Waals surface area contributed by atoms with Crippen molar-refractivity contribution < 1.29 is 13.0 Å². The molecule has 1 saturated carbocycles. The molecule has 0 heterocycles. The van der Waals surface area contributed by atoms with Gasteiger partial charge in [0.25, 0.3) is 10.1 Å². The zero-order chi connectivity index (χ0) is 9.90. The molecule has 1 fully saturated rings. The van der Waals surface area contributed by atoms with Crippen LogP contribution in [0.1, 0.15) is 39.0 Å². The molecular formula is C9H18O3S. The molecule has 0 bridgehead atoms. The van der Waals surface area contributed by atoms with Crippen LogP contribution in [0.5, 0.6) is 0 Å². The van der Waals surface area contributed by atoms with E-state index in [0.717, 1.165) is 6.42 Å². The molecule has 0 saturated heterocycles. The number of rotatable bonds is 3. The summed E-state index contributed by atoms with van der Waals surface area (Å²) in [5, 5.41) is 0. The quantitative estimate of drug-likeness (QED) is 0.719. The molecule has 1 rings (SSSR count). The van der Waals surface area contributed by atoms with E-state index in [2.05, 4.69) is 6.92 Å². The van der Waals surface area contributed by atoms with E-state index in [-0.39, 0.29) is 5.75 Å². The van der Waals surface area contributed by atoms with Crippen LogP contribution in [0.15, 0.2) is 0 Å². The Morgan fingerprint density at radius 3 is 2.46 bits per heavy atom. The van der Waals surface area contributed by atoms with Crippen molar-refractivity contribution in [2.45, 2.75) is 39.0 Å². The average molecular weight is 206 g/mol. The first-order chi connectivity index (χ1) is 5.99. The van der Waals surface area contributed by atoms with Gasteiger partial charge in [0.1, 0.15) is 0 Å².